The van der Waals surface area contributed by atoms with Gasteiger partial charge in [0.2, 0.25) is 0 Å². The van der Waals surface area contributed by atoms with Crippen LogP contribution in [0.25, 0.3) is 16.7 Å². The van der Waals surface area contributed by atoms with Gasteiger partial charge < -0.3 is 14.2 Å². The second-order valence-electron chi connectivity index (χ2n) is 9.62. The van der Waals surface area contributed by atoms with Crippen molar-refractivity contribution in [1.29, 1.82) is 5.41 Å². The highest BCUT2D eigenvalue weighted by atomic mass is 16.5. The van der Waals surface area contributed by atoms with E-state index in [1.807, 2.05) is 24.0 Å². The first kappa shape index (κ1) is 24.9. The van der Waals surface area contributed by atoms with Gasteiger partial charge in [-0.2, -0.15) is 0 Å². The molecule has 0 spiro atoms. The van der Waals surface area contributed by atoms with E-state index in [0.29, 0.717) is 61.9 Å². The van der Waals surface area contributed by atoms with Crippen LogP contribution >= 0.6 is 0 Å². The molecule has 0 radical (unpaired) electrons. The van der Waals surface area contributed by atoms with Gasteiger partial charge in [-0.05, 0) is 62.3 Å². The first-order valence-electron chi connectivity index (χ1n) is 13.1. The SMILES string of the molecule is CCOCCCn1c(=N)c(C(=O)N2CCC(Cc3ccccc3)CC2)cc2c(=O)n3ccccc3nc21. The van der Waals surface area contributed by atoms with Crippen molar-refractivity contribution < 1.29 is 9.53 Å². The van der Waals surface area contributed by atoms with Crippen molar-refractivity contribution >= 4 is 22.6 Å². The number of rotatable bonds is 8. The van der Waals surface area contributed by atoms with Crippen LogP contribution in [0.4, 0.5) is 0 Å². The Morgan fingerprint density at radius 2 is 1.86 bits per heavy atom. The van der Waals surface area contributed by atoms with Crippen molar-refractivity contribution in [1.82, 2.24) is 18.9 Å². The summed E-state index contributed by atoms with van der Waals surface area (Å²) in [5, 5.41) is 9.30. The van der Waals surface area contributed by atoms with Crippen molar-refractivity contribution in [3.63, 3.8) is 0 Å². The minimum atomic E-state index is -0.241. The highest BCUT2D eigenvalue weighted by molar-refractivity contribution is 5.97. The number of nitrogens with zero attached hydrogens (tertiary/aromatic N) is 4. The average Bonchev–Trinajstić information content (AvgIpc) is 2.93. The fraction of sp³-hybridized carbons (Fsp3) is 0.379. The summed E-state index contributed by atoms with van der Waals surface area (Å²) in [4.78, 5) is 33.6. The maximum absolute atomic E-state index is 13.7. The van der Waals surface area contributed by atoms with E-state index in [0.717, 1.165) is 19.3 Å². The number of pyridine rings is 2. The zero-order valence-electron chi connectivity index (χ0n) is 21.2. The Kier molecular flexibility index (Phi) is 7.46. The molecule has 0 unspecified atom stereocenters. The smallest absolute Gasteiger partial charge is 0.267 e. The van der Waals surface area contributed by atoms with Gasteiger partial charge in [-0.15, -0.1) is 0 Å². The largest absolute Gasteiger partial charge is 0.382 e. The summed E-state index contributed by atoms with van der Waals surface area (Å²) in [6.45, 7) is 4.81. The van der Waals surface area contributed by atoms with Crippen LogP contribution < -0.4 is 11.0 Å². The predicted octanol–water partition coefficient (Wildman–Crippen LogP) is 3.65. The summed E-state index contributed by atoms with van der Waals surface area (Å²) < 4.78 is 8.67. The first-order chi connectivity index (χ1) is 18.1. The maximum atomic E-state index is 13.7. The molecule has 192 valence electrons. The number of likely N-dealkylation sites (tertiary alicyclic amines) is 1. The number of hydrogen-bond donors (Lipinski definition) is 1. The average molecular weight is 500 g/mol. The Hall–Kier alpha value is -3.78. The zero-order chi connectivity index (χ0) is 25.8. The quantitative estimate of drug-likeness (QED) is 0.296. The number of ether oxygens (including phenoxy) is 1. The number of amides is 1. The van der Waals surface area contributed by atoms with Crippen LogP contribution in [0.1, 0.15) is 42.1 Å². The fourth-order valence-electron chi connectivity index (χ4n) is 5.19. The number of carbonyl (C=O) groups is 1. The molecule has 3 aromatic heterocycles. The molecule has 1 aromatic carbocycles. The lowest BCUT2D eigenvalue weighted by molar-refractivity contribution is 0.0687. The van der Waals surface area contributed by atoms with Gasteiger partial charge in [0.05, 0.1) is 10.9 Å². The number of aryl methyl sites for hydroxylation is 1. The summed E-state index contributed by atoms with van der Waals surface area (Å²) in [6, 6.07) is 17.4. The maximum Gasteiger partial charge on any atom is 0.267 e. The van der Waals surface area contributed by atoms with Crippen LogP contribution in [-0.2, 0) is 17.7 Å². The van der Waals surface area contributed by atoms with E-state index < -0.39 is 0 Å². The van der Waals surface area contributed by atoms with Crippen LogP contribution in [0.2, 0.25) is 0 Å². The Balaban J connectivity index is 1.46. The molecule has 1 saturated heterocycles. The number of piperidine rings is 1. The van der Waals surface area contributed by atoms with Gasteiger partial charge >= 0.3 is 0 Å². The molecule has 1 fully saturated rings. The molecule has 8 nitrogen and oxygen atoms in total. The van der Waals surface area contributed by atoms with Gasteiger partial charge in [0.25, 0.3) is 11.5 Å². The van der Waals surface area contributed by atoms with Gasteiger partial charge in [-0.1, -0.05) is 36.4 Å². The van der Waals surface area contributed by atoms with Gasteiger partial charge in [0, 0.05) is 39.0 Å². The van der Waals surface area contributed by atoms with E-state index in [-0.39, 0.29) is 22.5 Å². The number of benzene rings is 1. The van der Waals surface area contributed by atoms with E-state index in [1.54, 1.807) is 29.0 Å². The van der Waals surface area contributed by atoms with Gasteiger partial charge in [0.15, 0.2) is 0 Å². The molecule has 0 bridgehead atoms. The third-order valence-electron chi connectivity index (χ3n) is 7.19. The molecule has 5 rings (SSSR count). The zero-order valence-corrected chi connectivity index (χ0v) is 21.2. The molecule has 37 heavy (non-hydrogen) atoms. The fourth-order valence-corrected chi connectivity index (χ4v) is 5.19. The lowest BCUT2D eigenvalue weighted by Crippen LogP contribution is -2.42. The Morgan fingerprint density at radius 1 is 1.11 bits per heavy atom. The van der Waals surface area contributed by atoms with Crippen LogP contribution in [0, 0.1) is 11.3 Å². The summed E-state index contributed by atoms with van der Waals surface area (Å²) in [5.41, 5.74) is 2.36. The van der Waals surface area contributed by atoms with Crippen molar-refractivity contribution in [3.05, 3.63) is 87.8 Å². The van der Waals surface area contributed by atoms with E-state index in [4.69, 9.17) is 15.1 Å². The normalized spacial score (nSPS) is 14.5. The molecule has 4 heterocycles. The third kappa shape index (κ3) is 5.20. The van der Waals surface area contributed by atoms with E-state index in [2.05, 4.69) is 24.3 Å². The molecule has 8 heteroatoms. The summed E-state index contributed by atoms with van der Waals surface area (Å²) >= 11 is 0. The van der Waals surface area contributed by atoms with Crippen molar-refractivity contribution in [2.45, 2.75) is 39.2 Å². The summed E-state index contributed by atoms with van der Waals surface area (Å²) in [7, 11) is 0. The summed E-state index contributed by atoms with van der Waals surface area (Å²) in [6.07, 6.45) is 5.18. The topological polar surface area (TPSA) is 92.7 Å². The van der Waals surface area contributed by atoms with Crippen molar-refractivity contribution in [2.24, 2.45) is 5.92 Å². The Bertz CT molecular complexity index is 1520. The minimum Gasteiger partial charge on any atom is -0.382 e. The molecule has 4 aromatic rings. The predicted molar refractivity (Wildman–Crippen MR) is 143 cm³/mol. The molecule has 1 aliphatic rings. The number of fused-ring (bicyclic) bond motifs is 2. The number of aromatic nitrogens is 3. The Labute approximate surface area is 215 Å². The molecule has 1 N–H and O–H groups in total. The Morgan fingerprint density at radius 3 is 2.62 bits per heavy atom. The number of hydrogen-bond acceptors (Lipinski definition) is 5. The molecular formula is C29H33N5O3. The highest BCUT2D eigenvalue weighted by Gasteiger charge is 2.26. The molecule has 1 amide bonds. The number of carbonyl (C=O) groups excluding carboxylic acids is 1. The lowest BCUT2D eigenvalue weighted by Gasteiger charge is -2.32. The second kappa shape index (κ2) is 11.1. The van der Waals surface area contributed by atoms with Crippen molar-refractivity contribution in [3.8, 4) is 0 Å². The molecule has 0 atom stereocenters. The molecular weight excluding hydrogens is 466 g/mol. The van der Waals surface area contributed by atoms with Crippen LogP contribution in [0.15, 0.2) is 65.6 Å². The van der Waals surface area contributed by atoms with E-state index in [9.17, 15) is 9.59 Å². The van der Waals surface area contributed by atoms with E-state index >= 15 is 0 Å². The van der Waals surface area contributed by atoms with Gasteiger partial charge in [0.1, 0.15) is 16.8 Å². The second-order valence-corrected chi connectivity index (χ2v) is 9.62. The van der Waals surface area contributed by atoms with Crippen LogP contribution in [0.5, 0.6) is 0 Å². The number of nitrogens with one attached hydrogen (secondary N) is 1. The summed E-state index contributed by atoms with van der Waals surface area (Å²) in [5.74, 6) is 0.336. The van der Waals surface area contributed by atoms with Gasteiger partial charge in [-0.25, -0.2) is 4.98 Å². The standard InChI is InChI=1S/C29H33N5O3/c1-2-37-18-8-15-34-26(30)23(20-24-27(34)31-25-11-6-7-14-33(25)29(24)36)28(35)32-16-12-22(13-17-32)19-21-9-4-3-5-10-21/h3-7,9-11,14,20,22,30H,2,8,12-13,15-19H2,1H3. The first-order valence-corrected chi connectivity index (χ1v) is 13.1. The minimum absolute atomic E-state index is 0.0904. The molecule has 1 aliphatic heterocycles. The van der Waals surface area contributed by atoms with Crippen LogP contribution in [-0.4, -0.2) is 51.1 Å². The third-order valence-corrected chi connectivity index (χ3v) is 7.19. The highest BCUT2D eigenvalue weighted by Crippen LogP contribution is 2.23. The van der Waals surface area contributed by atoms with E-state index in [1.165, 1.54) is 9.96 Å². The molecule has 0 saturated carbocycles. The monoisotopic (exact) mass is 499 g/mol. The molecule has 0 aliphatic carbocycles. The van der Waals surface area contributed by atoms with Gasteiger partial charge in [-0.3, -0.25) is 19.4 Å². The van der Waals surface area contributed by atoms with Crippen LogP contribution in [0.3, 0.4) is 0 Å². The lowest BCUT2D eigenvalue weighted by atomic mass is 9.90. The van der Waals surface area contributed by atoms with Crippen molar-refractivity contribution in [2.75, 3.05) is 26.3 Å².